The van der Waals surface area contributed by atoms with E-state index in [4.69, 9.17) is 10.8 Å². The minimum atomic E-state index is -1.13. The summed E-state index contributed by atoms with van der Waals surface area (Å²) in [6, 6.07) is 1.32. The fourth-order valence-electron chi connectivity index (χ4n) is 1.55. The summed E-state index contributed by atoms with van der Waals surface area (Å²) >= 11 is 0. The second-order valence-electron chi connectivity index (χ2n) is 4.15. The van der Waals surface area contributed by atoms with Crippen molar-refractivity contribution in [3.8, 4) is 0 Å². The zero-order chi connectivity index (χ0) is 14.4. The number of nitrogens with one attached hydrogen (secondary N) is 1. The Morgan fingerprint density at radius 2 is 2.21 bits per heavy atom. The summed E-state index contributed by atoms with van der Waals surface area (Å²) in [6.45, 7) is 2.58. The molecule has 1 amide bonds. The van der Waals surface area contributed by atoms with Gasteiger partial charge in [-0.3, -0.25) is 4.79 Å². The number of hydrogen-bond acceptors (Lipinski definition) is 5. The Kier molecular flexibility index (Phi) is 5.11. The van der Waals surface area contributed by atoms with Gasteiger partial charge in [0.25, 0.3) is 0 Å². The Balaban J connectivity index is 2.84. The Labute approximate surface area is 111 Å². The number of nitrogens with two attached hydrogens (primary N) is 1. The predicted molar refractivity (Wildman–Crippen MR) is 72.2 cm³/mol. The number of amides is 1. The molecule has 1 heterocycles. The van der Waals surface area contributed by atoms with E-state index in [2.05, 4.69) is 10.3 Å². The molecule has 0 saturated heterocycles. The van der Waals surface area contributed by atoms with E-state index in [9.17, 15) is 9.59 Å². The van der Waals surface area contributed by atoms with Gasteiger partial charge in [-0.2, -0.15) is 0 Å². The van der Waals surface area contributed by atoms with Gasteiger partial charge in [0.2, 0.25) is 5.91 Å². The molecule has 104 valence electrons. The number of carbonyl (C=O) groups is 2. The first kappa shape index (κ1) is 14.7. The lowest BCUT2D eigenvalue weighted by molar-refractivity contribution is -0.119. The molecule has 0 fully saturated rings. The van der Waals surface area contributed by atoms with Gasteiger partial charge in [-0.15, -0.1) is 0 Å². The molecule has 0 spiro atoms. The van der Waals surface area contributed by atoms with Gasteiger partial charge in [0, 0.05) is 13.6 Å². The number of aromatic carboxylic acids is 1. The number of pyridine rings is 1. The van der Waals surface area contributed by atoms with Gasteiger partial charge >= 0.3 is 5.97 Å². The molecule has 1 aromatic rings. The van der Waals surface area contributed by atoms with E-state index in [1.54, 1.807) is 7.05 Å². The number of carbonyl (C=O) groups excluding carboxylic acids is 1. The van der Waals surface area contributed by atoms with E-state index in [0.29, 0.717) is 6.54 Å². The molecule has 0 aliphatic rings. The molecule has 0 aliphatic carbocycles. The molecule has 0 aliphatic heterocycles. The number of nitrogen functional groups attached to an aromatic ring is 1. The first-order valence-corrected chi connectivity index (χ1v) is 5.92. The van der Waals surface area contributed by atoms with Gasteiger partial charge in [0.1, 0.15) is 11.4 Å². The molecule has 19 heavy (non-hydrogen) atoms. The summed E-state index contributed by atoms with van der Waals surface area (Å²) in [5, 5.41) is 11.8. The normalized spacial score (nSPS) is 10.0. The Morgan fingerprint density at radius 3 is 2.79 bits per heavy atom. The summed E-state index contributed by atoms with van der Waals surface area (Å²) < 4.78 is 0. The van der Waals surface area contributed by atoms with Crippen LogP contribution < -0.4 is 16.0 Å². The Bertz CT molecular complexity index is 476. The highest BCUT2D eigenvalue weighted by Gasteiger charge is 2.17. The molecule has 1 aromatic heterocycles. The molecular weight excluding hydrogens is 248 g/mol. The number of rotatable bonds is 6. The van der Waals surface area contributed by atoms with Gasteiger partial charge in [-0.1, -0.05) is 6.92 Å². The third-order valence-electron chi connectivity index (χ3n) is 2.43. The molecular formula is C12H18N4O3. The van der Waals surface area contributed by atoms with Crippen LogP contribution in [-0.2, 0) is 4.79 Å². The van der Waals surface area contributed by atoms with Crippen LogP contribution in [0, 0.1) is 0 Å². The number of nitrogens with zero attached hydrogens (tertiary/aromatic N) is 2. The third-order valence-corrected chi connectivity index (χ3v) is 2.43. The molecule has 1 rings (SSSR count). The number of carboxylic acids is 1. The lowest BCUT2D eigenvalue weighted by Gasteiger charge is -2.19. The fraction of sp³-hybridized carbons (Fsp3) is 0.417. The quantitative estimate of drug-likeness (QED) is 0.684. The highest BCUT2D eigenvalue weighted by Crippen LogP contribution is 2.18. The predicted octanol–water partition coefficient (Wildman–Crippen LogP) is 0.324. The fourth-order valence-corrected chi connectivity index (χ4v) is 1.55. The van der Waals surface area contributed by atoms with Crippen LogP contribution in [-0.4, -0.2) is 42.1 Å². The van der Waals surface area contributed by atoms with Crippen molar-refractivity contribution < 1.29 is 14.7 Å². The van der Waals surface area contributed by atoms with Gasteiger partial charge < -0.3 is 21.1 Å². The molecule has 0 bridgehead atoms. The number of aromatic nitrogens is 1. The average molecular weight is 266 g/mol. The summed E-state index contributed by atoms with van der Waals surface area (Å²) in [5.41, 5.74) is 5.75. The Morgan fingerprint density at radius 1 is 1.53 bits per heavy atom. The third kappa shape index (κ3) is 4.13. The summed E-state index contributed by atoms with van der Waals surface area (Å²) in [4.78, 5) is 28.1. The molecule has 0 aromatic carbocycles. The first-order valence-electron chi connectivity index (χ1n) is 5.92. The molecule has 7 heteroatoms. The standard InChI is InChI=1S/C12H18N4O3/c1-3-4-14-10(17)7-16(2)11-9(12(18)19)5-8(13)6-15-11/h5-6H,3-4,7,13H2,1-2H3,(H,14,17)(H,18,19). The molecule has 0 atom stereocenters. The van der Waals surface area contributed by atoms with Crippen molar-refractivity contribution in [2.75, 3.05) is 30.8 Å². The molecule has 0 unspecified atom stereocenters. The summed E-state index contributed by atoms with van der Waals surface area (Å²) in [5.74, 6) is -1.09. The van der Waals surface area contributed by atoms with Crippen LogP contribution in [0.5, 0.6) is 0 Å². The van der Waals surface area contributed by atoms with E-state index in [0.717, 1.165) is 6.42 Å². The number of hydrogen-bond donors (Lipinski definition) is 3. The van der Waals surface area contributed by atoms with Crippen molar-refractivity contribution in [3.05, 3.63) is 17.8 Å². The SMILES string of the molecule is CCCNC(=O)CN(C)c1ncc(N)cc1C(=O)O. The molecule has 0 radical (unpaired) electrons. The molecule has 4 N–H and O–H groups in total. The van der Waals surface area contributed by atoms with Gasteiger partial charge in [0.05, 0.1) is 18.4 Å². The monoisotopic (exact) mass is 266 g/mol. The topological polar surface area (TPSA) is 109 Å². The zero-order valence-electron chi connectivity index (χ0n) is 11.0. The minimum Gasteiger partial charge on any atom is -0.478 e. The molecule has 0 saturated carbocycles. The van der Waals surface area contributed by atoms with Gasteiger partial charge in [0.15, 0.2) is 0 Å². The van der Waals surface area contributed by atoms with Gasteiger partial charge in [-0.05, 0) is 12.5 Å². The highest BCUT2D eigenvalue weighted by molar-refractivity contribution is 5.95. The van der Waals surface area contributed by atoms with Crippen LogP contribution in [0.15, 0.2) is 12.3 Å². The van der Waals surface area contributed by atoms with Crippen molar-refractivity contribution in [2.45, 2.75) is 13.3 Å². The van der Waals surface area contributed by atoms with Crippen molar-refractivity contribution in [1.82, 2.24) is 10.3 Å². The van der Waals surface area contributed by atoms with Crippen molar-refractivity contribution in [1.29, 1.82) is 0 Å². The maximum absolute atomic E-state index is 11.6. The number of likely N-dealkylation sites (N-methyl/N-ethyl adjacent to an activating group) is 1. The maximum Gasteiger partial charge on any atom is 0.339 e. The van der Waals surface area contributed by atoms with Crippen molar-refractivity contribution in [3.63, 3.8) is 0 Å². The number of carboxylic acid groups (broad SMARTS) is 1. The van der Waals surface area contributed by atoms with Crippen molar-refractivity contribution in [2.24, 2.45) is 0 Å². The van der Waals surface area contributed by atoms with Crippen LogP contribution in [0.1, 0.15) is 23.7 Å². The first-order chi connectivity index (χ1) is 8.95. The highest BCUT2D eigenvalue weighted by atomic mass is 16.4. The average Bonchev–Trinajstić information content (AvgIpc) is 2.35. The van der Waals surface area contributed by atoms with Crippen LogP contribution >= 0.6 is 0 Å². The van der Waals surface area contributed by atoms with E-state index in [1.165, 1.54) is 17.2 Å². The number of anilines is 2. The van der Waals surface area contributed by atoms with E-state index in [1.807, 2.05) is 6.92 Å². The van der Waals surface area contributed by atoms with Crippen LogP contribution in [0.3, 0.4) is 0 Å². The minimum absolute atomic E-state index is 0.0224. The zero-order valence-corrected chi connectivity index (χ0v) is 11.0. The second kappa shape index (κ2) is 6.58. The van der Waals surface area contributed by atoms with Crippen LogP contribution in [0.25, 0.3) is 0 Å². The summed E-state index contributed by atoms with van der Waals surface area (Å²) in [6.07, 6.45) is 2.21. The lowest BCUT2D eigenvalue weighted by Crippen LogP contribution is -2.36. The lowest BCUT2D eigenvalue weighted by atomic mass is 10.2. The van der Waals surface area contributed by atoms with E-state index >= 15 is 0 Å². The van der Waals surface area contributed by atoms with E-state index in [-0.39, 0.29) is 29.5 Å². The van der Waals surface area contributed by atoms with E-state index < -0.39 is 5.97 Å². The summed E-state index contributed by atoms with van der Waals surface area (Å²) in [7, 11) is 1.61. The van der Waals surface area contributed by atoms with Crippen molar-refractivity contribution >= 4 is 23.4 Å². The smallest absolute Gasteiger partial charge is 0.339 e. The van der Waals surface area contributed by atoms with Gasteiger partial charge in [-0.25, -0.2) is 9.78 Å². The second-order valence-corrected chi connectivity index (χ2v) is 4.15. The van der Waals surface area contributed by atoms with Crippen LogP contribution in [0.4, 0.5) is 11.5 Å². The van der Waals surface area contributed by atoms with Crippen LogP contribution in [0.2, 0.25) is 0 Å². The molecule has 7 nitrogen and oxygen atoms in total. The largest absolute Gasteiger partial charge is 0.478 e. The Hall–Kier alpha value is -2.31. The maximum atomic E-state index is 11.6.